The van der Waals surface area contributed by atoms with E-state index >= 15 is 0 Å². The number of aryl methyl sites for hydroxylation is 1. The van der Waals surface area contributed by atoms with Crippen molar-refractivity contribution in [3.05, 3.63) is 52.8 Å². The SMILES string of the molecule is CCCN(CCC)S(=O)(=O)c1ccc(C(=O)N=c2sc3cccc(OCC)c3n2C)cc1. The van der Waals surface area contributed by atoms with Gasteiger partial charge in [-0.2, -0.15) is 9.30 Å². The topological polar surface area (TPSA) is 81.0 Å². The van der Waals surface area contributed by atoms with E-state index in [1.165, 1.54) is 39.9 Å². The van der Waals surface area contributed by atoms with E-state index in [0.29, 0.717) is 30.1 Å². The molecule has 0 saturated heterocycles. The largest absolute Gasteiger partial charge is 0.492 e. The van der Waals surface area contributed by atoms with Crippen LogP contribution in [0.1, 0.15) is 44.0 Å². The normalized spacial score (nSPS) is 12.6. The zero-order valence-corrected chi connectivity index (χ0v) is 20.5. The summed E-state index contributed by atoms with van der Waals surface area (Å²) in [6.07, 6.45) is 1.48. The summed E-state index contributed by atoms with van der Waals surface area (Å²) in [4.78, 5) is 17.8. The fourth-order valence-electron chi connectivity index (χ4n) is 3.47. The average molecular weight is 476 g/mol. The Morgan fingerprint density at radius 3 is 2.31 bits per heavy atom. The first kappa shape index (κ1) is 24.2. The average Bonchev–Trinajstić information content (AvgIpc) is 3.10. The molecule has 9 heteroatoms. The van der Waals surface area contributed by atoms with Gasteiger partial charge in [0.15, 0.2) is 4.80 Å². The summed E-state index contributed by atoms with van der Waals surface area (Å²) in [6.45, 7) is 7.31. The van der Waals surface area contributed by atoms with Crippen molar-refractivity contribution >= 4 is 37.5 Å². The number of nitrogens with zero attached hydrogens (tertiary/aromatic N) is 3. The fraction of sp³-hybridized carbons (Fsp3) is 0.391. The number of amides is 1. The molecule has 0 aliphatic heterocycles. The molecule has 3 rings (SSSR count). The molecule has 0 N–H and O–H groups in total. The zero-order valence-electron chi connectivity index (χ0n) is 18.9. The van der Waals surface area contributed by atoms with Crippen LogP contribution in [0.5, 0.6) is 5.75 Å². The van der Waals surface area contributed by atoms with Gasteiger partial charge < -0.3 is 9.30 Å². The highest BCUT2D eigenvalue weighted by Crippen LogP contribution is 2.27. The predicted molar refractivity (Wildman–Crippen MR) is 128 cm³/mol. The molecule has 1 aromatic heterocycles. The lowest BCUT2D eigenvalue weighted by atomic mass is 10.2. The van der Waals surface area contributed by atoms with Gasteiger partial charge in [-0.05, 0) is 56.2 Å². The van der Waals surface area contributed by atoms with Crippen LogP contribution < -0.4 is 9.54 Å². The second kappa shape index (κ2) is 10.4. The van der Waals surface area contributed by atoms with E-state index in [1.807, 2.05) is 50.6 Å². The molecule has 0 bridgehead atoms. The number of sulfonamides is 1. The highest BCUT2D eigenvalue weighted by atomic mass is 32.2. The van der Waals surface area contributed by atoms with E-state index in [-0.39, 0.29) is 4.90 Å². The molecule has 0 spiro atoms. The fourth-order valence-corrected chi connectivity index (χ4v) is 6.13. The maximum absolute atomic E-state index is 12.9. The minimum atomic E-state index is -3.59. The number of hydrogen-bond donors (Lipinski definition) is 0. The Kier molecular flexibility index (Phi) is 7.86. The number of benzene rings is 2. The molecular formula is C23H29N3O4S2. The molecule has 2 aromatic carbocycles. The minimum Gasteiger partial charge on any atom is -0.492 e. The first-order valence-corrected chi connectivity index (χ1v) is 13.0. The van der Waals surface area contributed by atoms with Gasteiger partial charge in [0.25, 0.3) is 5.91 Å². The third-order valence-electron chi connectivity index (χ3n) is 4.97. The highest BCUT2D eigenvalue weighted by Gasteiger charge is 2.23. The molecular weight excluding hydrogens is 446 g/mol. The van der Waals surface area contributed by atoms with E-state index in [1.54, 1.807) is 0 Å². The number of rotatable bonds is 9. The number of aromatic nitrogens is 1. The maximum atomic E-state index is 12.9. The Bertz CT molecular complexity index is 1250. The lowest BCUT2D eigenvalue weighted by Gasteiger charge is -2.21. The number of para-hydroxylation sites is 1. The molecule has 1 heterocycles. The van der Waals surface area contributed by atoms with E-state index in [0.717, 1.165) is 28.8 Å². The number of hydrogen-bond acceptors (Lipinski definition) is 5. The Morgan fingerprint density at radius 2 is 1.72 bits per heavy atom. The molecule has 172 valence electrons. The predicted octanol–water partition coefficient (Wildman–Crippen LogP) is 4.19. The van der Waals surface area contributed by atoms with Gasteiger partial charge in [-0.25, -0.2) is 8.42 Å². The molecule has 0 fully saturated rings. The van der Waals surface area contributed by atoms with E-state index in [4.69, 9.17) is 4.74 Å². The van der Waals surface area contributed by atoms with Crippen molar-refractivity contribution in [1.29, 1.82) is 0 Å². The number of thiazole rings is 1. The molecule has 0 aliphatic rings. The standard InChI is InChI=1S/C23H29N3O4S2/c1-5-15-26(16-6-2)32(28,29)18-13-11-17(12-14-18)22(27)24-23-25(4)21-19(30-7-3)9-8-10-20(21)31-23/h8-14H,5-7,15-16H2,1-4H3. The van der Waals surface area contributed by atoms with Crippen LogP contribution in [0.4, 0.5) is 0 Å². The van der Waals surface area contributed by atoms with Gasteiger partial charge in [0, 0.05) is 25.7 Å². The van der Waals surface area contributed by atoms with Crippen LogP contribution in [0.2, 0.25) is 0 Å². The quantitative estimate of drug-likeness (QED) is 0.465. The van der Waals surface area contributed by atoms with E-state index < -0.39 is 15.9 Å². The number of ether oxygens (including phenoxy) is 1. The maximum Gasteiger partial charge on any atom is 0.279 e. The van der Waals surface area contributed by atoms with Gasteiger partial charge in [0.1, 0.15) is 11.3 Å². The van der Waals surface area contributed by atoms with Crippen molar-refractivity contribution < 1.29 is 17.9 Å². The lowest BCUT2D eigenvalue weighted by molar-refractivity contribution is 0.0998. The molecule has 32 heavy (non-hydrogen) atoms. The van der Waals surface area contributed by atoms with Crippen molar-refractivity contribution in [2.45, 2.75) is 38.5 Å². The van der Waals surface area contributed by atoms with Crippen LogP contribution in [-0.4, -0.2) is 42.9 Å². The summed E-state index contributed by atoms with van der Waals surface area (Å²) in [5.74, 6) is 0.323. The number of carbonyl (C=O) groups is 1. The Morgan fingerprint density at radius 1 is 1.06 bits per heavy atom. The van der Waals surface area contributed by atoms with Crippen LogP contribution in [0.25, 0.3) is 10.2 Å². The number of carbonyl (C=O) groups excluding carboxylic acids is 1. The van der Waals surface area contributed by atoms with Crippen molar-refractivity contribution in [3.8, 4) is 5.75 Å². The van der Waals surface area contributed by atoms with Gasteiger partial charge in [-0.1, -0.05) is 31.3 Å². The van der Waals surface area contributed by atoms with Crippen LogP contribution in [0.3, 0.4) is 0 Å². The summed E-state index contributed by atoms with van der Waals surface area (Å²) in [6, 6.07) is 11.8. The van der Waals surface area contributed by atoms with E-state index in [2.05, 4.69) is 4.99 Å². The Balaban J connectivity index is 1.92. The summed E-state index contributed by atoms with van der Waals surface area (Å²) >= 11 is 1.40. The Hall–Kier alpha value is -2.49. The first-order valence-electron chi connectivity index (χ1n) is 10.7. The van der Waals surface area contributed by atoms with Crippen LogP contribution >= 0.6 is 11.3 Å². The molecule has 0 atom stereocenters. The summed E-state index contributed by atoms with van der Waals surface area (Å²) in [5.41, 5.74) is 1.23. The van der Waals surface area contributed by atoms with Crippen molar-refractivity contribution in [1.82, 2.24) is 8.87 Å². The van der Waals surface area contributed by atoms with Crippen LogP contribution in [0, 0.1) is 0 Å². The second-order valence-corrected chi connectivity index (χ2v) is 10.3. The van der Waals surface area contributed by atoms with Gasteiger partial charge in [-0.15, -0.1) is 0 Å². The minimum absolute atomic E-state index is 0.185. The molecule has 7 nitrogen and oxygen atoms in total. The molecule has 3 aromatic rings. The van der Waals surface area contributed by atoms with Gasteiger partial charge in [0.05, 0.1) is 16.2 Å². The number of fused-ring (bicyclic) bond motifs is 1. The monoisotopic (exact) mass is 475 g/mol. The summed E-state index contributed by atoms with van der Waals surface area (Å²) in [7, 11) is -1.74. The van der Waals surface area contributed by atoms with Crippen molar-refractivity contribution in [2.75, 3.05) is 19.7 Å². The second-order valence-electron chi connectivity index (χ2n) is 7.32. The summed E-state index contributed by atoms with van der Waals surface area (Å²) < 4.78 is 35.8. The van der Waals surface area contributed by atoms with Crippen LogP contribution in [-0.2, 0) is 17.1 Å². The Labute approximate surface area is 193 Å². The molecule has 1 amide bonds. The van der Waals surface area contributed by atoms with E-state index in [9.17, 15) is 13.2 Å². The molecule has 0 saturated carbocycles. The van der Waals surface area contributed by atoms with Gasteiger partial charge in [-0.3, -0.25) is 4.79 Å². The zero-order chi connectivity index (χ0) is 23.3. The van der Waals surface area contributed by atoms with Crippen molar-refractivity contribution in [2.24, 2.45) is 12.0 Å². The summed E-state index contributed by atoms with van der Waals surface area (Å²) in [5, 5.41) is 0. The molecule has 0 unspecified atom stereocenters. The van der Waals surface area contributed by atoms with Gasteiger partial charge in [0.2, 0.25) is 10.0 Å². The third kappa shape index (κ3) is 4.95. The smallest absolute Gasteiger partial charge is 0.279 e. The lowest BCUT2D eigenvalue weighted by Crippen LogP contribution is -2.32. The highest BCUT2D eigenvalue weighted by molar-refractivity contribution is 7.89. The molecule has 0 radical (unpaired) electrons. The first-order chi connectivity index (χ1) is 15.3. The van der Waals surface area contributed by atoms with Crippen LogP contribution in [0.15, 0.2) is 52.4 Å². The van der Waals surface area contributed by atoms with Gasteiger partial charge >= 0.3 is 0 Å². The third-order valence-corrected chi connectivity index (χ3v) is 7.98. The molecule has 0 aliphatic carbocycles. The van der Waals surface area contributed by atoms with Crippen molar-refractivity contribution in [3.63, 3.8) is 0 Å².